The minimum atomic E-state index is -0.332. The maximum Gasteiger partial charge on any atom is 0.253 e. The first kappa shape index (κ1) is 13.8. The van der Waals surface area contributed by atoms with Gasteiger partial charge in [-0.25, -0.2) is 4.98 Å². The minimum absolute atomic E-state index is 0.00676. The third kappa shape index (κ3) is 3.24. The molecule has 2 N–H and O–H groups in total. The van der Waals surface area contributed by atoms with Crippen LogP contribution in [-0.4, -0.2) is 16.0 Å². The van der Waals surface area contributed by atoms with Gasteiger partial charge in [0.25, 0.3) is 5.91 Å². The number of carbonyl (C=O) groups excluding carboxylic acids is 1. The number of halogens is 1. The monoisotopic (exact) mass is 296 g/mol. The van der Waals surface area contributed by atoms with Gasteiger partial charge >= 0.3 is 0 Å². The number of aromatic nitrogens is 1. The fourth-order valence-electron chi connectivity index (χ4n) is 1.60. The number of phenols is 1. The molecular formula is C13H13ClN2O2S. The minimum Gasteiger partial charge on any atom is -0.508 e. The van der Waals surface area contributed by atoms with Crippen LogP contribution < -0.4 is 5.32 Å². The highest BCUT2D eigenvalue weighted by molar-refractivity contribution is 7.11. The molecule has 0 fully saturated rings. The third-order valence-corrected chi connectivity index (χ3v) is 3.98. The van der Waals surface area contributed by atoms with E-state index in [0.717, 1.165) is 9.88 Å². The lowest BCUT2D eigenvalue weighted by molar-refractivity contribution is 0.0939. The lowest BCUT2D eigenvalue weighted by Crippen LogP contribution is -2.26. The van der Waals surface area contributed by atoms with Crippen LogP contribution in [0.25, 0.3) is 0 Å². The highest BCUT2D eigenvalue weighted by Gasteiger charge is 2.16. The van der Waals surface area contributed by atoms with Crippen LogP contribution in [0.3, 0.4) is 0 Å². The van der Waals surface area contributed by atoms with Gasteiger partial charge < -0.3 is 10.4 Å². The van der Waals surface area contributed by atoms with Crippen LogP contribution in [0.1, 0.15) is 33.2 Å². The van der Waals surface area contributed by atoms with Crippen molar-refractivity contribution < 1.29 is 9.90 Å². The fourth-order valence-corrected chi connectivity index (χ4v) is 2.58. The molecule has 0 radical (unpaired) electrons. The summed E-state index contributed by atoms with van der Waals surface area (Å²) < 4.78 is 0. The molecule has 6 heteroatoms. The molecule has 0 spiro atoms. The zero-order valence-electron chi connectivity index (χ0n) is 10.5. The molecule has 1 aromatic carbocycles. The maximum absolute atomic E-state index is 12.1. The van der Waals surface area contributed by atoms with Crippen molar-refractivity contribution in [2.75, 3.05) is 0 Å². The van der Waals surface area contributed by atoms with Crippen LogP contribution in [0.2, 0.25) is 5.02 Å². The lowest BCUT2D eigenvalue weighted by atomic mass is 10.2. The average molecular weight is 297 g/mol. The largest absolute Gasteiger partial charge is 0.508 e. The van der Waals surface area contributed by atoms with Crippen molar-refractivity contribution in [3.05, 3.63) is 44.9 Å². The molecule has 0 aliphatic rings. The Morgan fingerprint density at radius 1 is 1.53 bits per heavy atom. The summed E-state index contributed by atoms with van der Waals surface area (Å²) in [6.07, 6.45) is 1.77. The third-order valence-electron chi connectivity index (χ3n) is 2.55. The topological polar surface area (TPSA) is 62.2 Å². The van der Waals surface area contributed by atoms with Crippen molar-refractivity contribution in [3.63, 3.8) is 0 Å². The highest BCUT2D eigenvalue weighted by atomic mass is 35.5. The Morgan fingerprint density at radius 2 is 2.26 bits per heavy atom. The van der Waals surface area contributed by atoms with Gasteiger partial charge in [0.1, 0.15) is 10.8 Å². The molecule has 1 unspecified atom stereocenters. The molecule has 1 heterocycles. The van der Waals surface area contributed by atoms with Crippen LogP contribution in [0.15, 0.2) is 24.4 Å². The lowest BCUT2D eigenvalue weighted by Gasteiger charge is -2.12. The Balaban J connectivity index is 2.15. The zero-order valence-corrected chi connectivity index (χ0v) is 12.0. The van der Waals surface area contributed by atoms with Gasteiger partial charge in [0.15, 0.2) is 0 Å². The van der Waals surface area contributed by atoms with E-state index in [4.69, 9.17) is 11.6 Å². The molecule has 1 aromatic heterocycles. The van der Waals surface area contributed by atoms with Gasteiger partial charge in [0.2, 0.25) is 0 Å². The van der Waals surface area contributed by atoms with Gasteiger partial charge in [-0.3, -0.25) is 4.79 Å². The van der Waals surface area contributed by atoms with Crippen molar-refractivity contribution in [2.45, 2.75) is 19.9 Å². The second-order valence-electron chi connectivity index (χ2n) is 4.17. The number of nitrogens with one attached hydrogen (secondary N) is 1. The molecule has 0 bridgehead atoms. The Hall–Kier alpha value is -1.59. The molecule has 0 aliphatic carbocycles. The fraction of sp³-hybridized carbons (Fsp3) is 0.231. The average Bonchev–Trinajstić information content (AvgIpc) is 2.79. The molecule has 19 heavy (non-hydrogen) atoms. The number of aromatic hydroxyl groups is 1. The number of carbonyl (C=O) groups is 1. The SMILES string of the molecule is Cc1cnc(C(C)NC(=O)c2cc(O)ccc2Cl)s1. The highest BCUT2D eigenvalue weighted by Crippen LogP contribution is 2.23. The summed E-state index contributed by atoms with van der Waals surface area (Å²) in [5.41, 5.74) is 0.252. The summed E-state index contributed by atoms with van der Waals surface area (Å²) in [7, 11) is 0. The van der Waals surface area contributed by atoms with E-state index < -0.39 is 0 Å². The normalized spacial score (nSPS) is 12.2. The first-order chi connectivity index (χ1) is 8.97. The van der Waals surface area contributed by atoms with Crippen LogP contribution in [0, 0.1) is 6.92 Å². The molecule has 2 aromatic rings. The number of phenolic OH excluding ortho intramolecular Hbond substituents is 1. The summed E-state index contributed by atoms with van der Waals surface area (Å²) in [5, 5.41) is 13.3. The quantitative estimate of drug-likeness (QED) is 0.913. The van der Waals surface area contributed by atoms with Crippen molar-refractivity contribution >= 4 is 28.8 Å². The predicted molar refractivity (Wildman–Crippen MR) is 75.8 cm³/mol. The smallest absolute Gasteiger partial charge is 0.253 e. The van der Waals surface area contributed by atoms with Crippen LogP contribution in [0.5, 0.6) is 5.75 Å². The van der Waals surface area contributed by atoms with Crippen LogP contribution in [0.4, 0.5) is 0 Å². The first-order valence-electron chi connectivity index (χ1n) is 5.69. The standard InChI is InChI=1S/C13H13ClN2O2S/c1-7-6-15-13(19-7)8(2)16-12(18)10-5-9(17)3-4-11(10)14/h3-6,8,17H,1-2H3,(H,16,18). The first-order valence-corrected chi connectivity index (χ1v) is 6.88. The van der Waals surface area contributed by atoms with E-state index in [-0.39, 0.29) is 23.3 Å². The molecule has 4 nitrogen and oxygen atoms in total. The van der Waals surface area contributed by atoms with Gasteiger partial charge in [-0.2, -0.15) is 0 Å². The number of rotatable bonds is 3. The van der Waals surface area contributed by atoms with Gasteiger partial charge in [0.05, 0.1) is 16.6 Å². The second kappa shape index (κ2) is 5.59. The van der Waals surface area contributed by atoms with E-state index in [2.05, 4.69) is 10.3 Å². The molecule has 100 valence electrons. The summed E-state index contributed by atoms with van der Waals surface area (Å²) in [6, 6.07) is 4.07. The zero-order chi connectivity index (χ0) is 14.0. The summed E-state index contributed by atoms with van der Waals surface area (Å²) in [6.45, 7) is 3.81. The molecule has 1 amide bonds. The molecule has 0 saturated carbocycles. The number of amides is 1. The summed E-state index contributed by atoms with van der Waals surface area (Å²) in [4.78, 5) is 17.4. The Bertz CT molecular complexity index is 612. The van der Waals surface area contributed by atoms with E-state index >= 15 is 0 Å². The van der Waals surface area contributed by atoms with E-state index in [9.17, 15) is 9.90 Å². The van der Waals surface area contributed by atoms with E-state index in [0.29, 0.717) is 5.02 Å². The molecule has 2 rings (SSSR count). The van der Waals surface area contributed by atoms with Crippen molar-refractivity contribution in [2.24, 2.45) is 0 Å². The Morgan fingerprint density at radius 3 is 2.89 bits per heavy atom. The van der Waals surface area contributed by atoms with E-state index in [1.807, 2.05) is 13.8 Å². The molecule has 0 aliphatic heterocycles. The number of hydrogen-bond acceptors (Lipinski definition) is 4. The Kier molecular flexibility index (Phi) is 4.07. The van der Waals surface area contributed by atoms with Gasteiger partial charge in [0, 0.05) is 11.1 Å². The van der Waals surface area contributed by atoms with Crippen LogP contribution >= 0.6 is 22.9 Å². The van der Waals surface area contributed by atoms with Crippen molar-refractivity contribution in [1.82, 2.24) is 10.3 Å². The number of aryl methyl sites for hydroxylation is 1. The number of hydrogen-bond donors (Lipinski definition) is 2. The molecule has 0 saturated heterocycles. The predicted octanol–water partition coefficient (Wildman–Crippen LogP) is 3.30. The summed E-state index contributed by atoms with van der Waals surface area (Å²) >= 11 is 7.47. The van der Waals surface area contributed by atoms with Crippen molar-refractivity contribution in [1.29, 1.82) is 0 Å². The van der Waals surface area contributed by atoms with Gasteiger partial charge in [-0.15, -0.1) is 11.3 Å². The maximum atomic E-state index is 12.1. The number of benzene rings is 1. The van der Waals surface area contributed by atoms with E-state index in [1.54, 1.807) is 6.20 Å². The van der Waals surface area contributed by atoms with Crippen LogP contribution in [-0.2, 0) is 0 Å². The van der Waals surface area contributed by atoms with Gasteiger partial charge in [-0.1, -0.05) is 11.6 Å². The van der Waals surface area contributed by atoms with Crippen molar-refractivity contribution in [3.8, 4) is 5.75 Å². The summed E-state index contributed by atoms with van der Waals surface area (Å²) in [5.74, 6) is -0.325. The second-order valence-corrected chi connectivity index (χ2v) is 5.84. The Labute approximate surface area is 120 Å². The van der Waals surface area contributed by atoms with Gasteiger partial charge in [-0.05, 0) is 32.0 Å². The number of nitrogens with zero attached hydrogens (tertiary/aromatic N) is 1. The molecular weight excluding hydrogens is 284 g/mol. The number of thiazole rings is 1. The molecule has 1 atom stereocenters. The van der Waals surface area contributed by atoms with E-state index in [1.165, 1.54) is 29.5 Å².